The van der Waals surface area contributed by atoms with Crippen LogP contribution < -0.4 is 10.6 Å². The number of terminal acetylenes is 1. The molecule has 2 aromatic rings. The lowest BCUT2D eigenvalue weighted by atomic mass is 9.92. The first kappa shape index (κ1) is 36.8. The van der Waals surface area contributed by atoms with E-state index in [0.29, 0.717) is 11.1 Å². The monoisotopic (exact) mass is 621 g/mol. The van der Waals surface area contributed by atoms with Gasteiger partial charge in [-0.25, -0.2) is 9.59 Å². The molecule has 2 aromatic carbocycles. The number of carbonyl (C=O) groups is 4. The lowest BCUT2D eigenvalue weighted by Crippen LogP contribution is -2.60. The van der Waals surface area contributed by atoms with Gasteiger partial charge in [0.2, 0.25) is 11.8 Å². The molecule has 0 spiro atoms. The molecule has 0 aliphatic carbocycles. The summed E-state index contributed by atoms with van der Waals surface area (Å²) in [6.45, 7) is 14.5. The van der Waals surface area contributed by atoms with Gasteiger partial charge >= 0.3 is 12.1 Å². The van der Waals surface area contributed by atoms with Crippen molar-refractivity contribution >= 4 is 23.9 Å². The average molecular weight is 622 g/mol. The molecule has 0 saturated heterocycles. The molecule has 0 fully saturated rings. The highest BCUT2D eigenvalue weighted by atomic mass is 16.6. The van der Waals surface area contributed by atoms with Gasteiger partial charge in [-0.1, -0.05) is 54.5 Å². The summed E-state index contributed by atoms with van der Waals surface area (Å²) in [6.07, 6.45) is 5.04. The van der Waals surface area contributed by atoms with Gasteiger partial charge < -0.3 is 30.1 Å². The van der Waals surface area contributed by atoms with Crippen LogP contribution in [0.15, 0.2) is 54.6 Å². The number of aliphatic hydroxyl groups excluding tert-OH is 1. The number of aliphatic hydroxyl groups is 1. The van der Waals surface area contributed by atoms with Crippen LogP contribution in [0.5, 0.6) is 0 Å². The fourth-order valence-corrected chi connectivity index (χ4v) is 4.58. The van der Waals surface area contributed by atoms with Gasteiger partial charge in [0, 0.05) is 17.5 Å². The van der Waals surface area contributed by atoms with Crippen LogP contribution in [-0.2, 0) is 30.3 Å². The Kier molecular flexibility index (Phi) is 12.3. The minimum Gasteiger partial charge on any atom is -0.458 e. The molecule has 0 aliphatic heterocycles. The number of amides is 3. The standard InChI is InChI=1S/C35H47N3O7/c1-11-24-19-15-16-20-25(24)28(38(33(2,3)4)30(41)27(22-39)37-32(43)45-35(8,9)10)29(40)36-26(31(42)44-34(5,6)7)21-23-17-13-12-14-18-23/h1,12-20,26-28,39H,21-22H2,2-10H3,(H,36,40)(H,37,43). The third-order valence-electron chi connectivity index (χ3n) is 6.34. The van der Waals surface area contributed by atoms with Gasteiger partial charge in [0.15, 0.2) is 0 Å². The zero-order chi connectivity index (χ0) is 34.2. The number of benzene rings is 2. The van der Waals surface area contributed by atoms with E-state index in [1.807, 2.05) is 30.3 Å². The maximum absolute atomic E-state index is 14.4. The number of hydrogen-bond acceptors (Lipinski definition) is 7. The highest BCUT2D eigenvalue weighted by Crippen LogP contribution is 2.32. The van der Waals surface area contributed by atoms with E-state index in [1.54, 1.807) is 86.6 Å². The summed E-state index contributed by atoms with van der Waals surface area (Å²) in [5.74, 6) is 0.449. The number of hydrogen-bond donors (Lipinski definition) is 3. The number of rotatable bonds is 10. The normalized spacial score (nSPS) is 13.8. The van der Waals surface area contributed by atoms with E-state index in [0.717, 1.165) is 5.56 Å². The molecule has 3 amide bonds. The van der Waals surface area contributed by atoms with Crippen LogP contribution in [0.1, 0.15) is 85.0 Å². The van der Waals surface area contributed by atoms with Crippen LogP contribution in [-0.4, -0.2) is 69.3 Å². The van der Waals surface area contributed by atoms with E-state index in [9.17, 15) is 24.3 Å². The second kappa shape index (κ2) is 15.1. The molecule has 3 atom stereocenters. The molecule has 0 aliphatic rings. The van der Waals surface area contributed by atoms with E-state index < -0.39 is 65.4 Å². The molecule has 0 aromatic heterocycles. The van der Waals surface area contributed by atoms with Crippen molar-refractivity contribution in [1.29, 1.82) is 0 Å². The quantitative estimate of drug-likeness (QED) is 0.266. The van der Waals surface area contributed by atoms with Gasteiger partial charge in [0.05, 0.1) is 6.61 Å². The summed E-state index contributed by atoms with van der Waals surface area (Å²) in [5.41, 5.74) is -1.30. The number of nitrogens with zero attached hydrogens (tertiary/aromatic N) is 1. The molecule has 0 saturated carbocycles. The third-order valence-corrected chi connectivity index (χ3v) is 6.34. The zero-order valence-electron chi connectivity index (χ0n) is 27.8. The molecule has 0 bridgehead atoms. The van der Waals surface area contributed by atoms with Crippen LogP contribution in [0.25, 0.3) is 0 Å². The lowest BCUT2D eigenvalue weighted by molar-refractivity contribution is -0.159. The van der Waals surface area contributed by atoms with Gasteiger partial charge in [-0.05, 0) is 79.5 Å². The Bertz CT molecular complexity index is 1380. The number of alkyl carbamates (subject to hydrolysis) is 1. The molecular weight excluding hydrogens is 574 g/mol. The van der Waals surface area contributed by atoms with Crippen LogP contribution in [0, 0.1) is 12.3 Å². The summed E-state index contributed by atoms with van der Waals surface area (Å²) in [5, 5.41) is 15.5. The lowest BCUT2D eigenvalue weighted by Gasteiger charge is -2.43. The smallest absolute Gasteiger partial charge is 0.408 e. The highest BCUT2D eigenvalue weighted by Gasteiger charge is 2.43. The number of nitrogens with one attached hydrogen (secondary N) is 2. The summed E-state index contributed by atoms with van der Waals surface area (Å²) in [7, 11) is 0. The van der Waals surface area contributed by atoms with Crippen molar-refractivity contribution in [2.45, 2.75) is 104 Å². The number of carbonyl (C=O) groups excluding carboxylic acids is 4. The van der Waals surface area contributed by atoms with Gasteiger partial charge in [0.25, 0.3) is 0 Å². The predicted molar refractivity (Wildman–Crippen MR) is 172 cm³/mol. The summed E-state index contributed by atoms with van der Waals surface area (Å²) < 4.78 is 11.0. The van der Waals surface area contributed by atoms with Crippen molar-refractivity contribution < 1.29 is 33.8 Å². The second-order valence-corrected chi connectivity index (χ2v) is 13.7. The molecule has 3 N–H and O–H groups in total. The van der Waals surface area contributed by atoms with Gasteiger partial charge in [-0.15, -0.1) is 6.42 Å². The molecule has 0 heterocycles. The molecule has 10 nitrogen and oxygen atoms in total. The Balaban J connectivity index is 2.66. The second-order valence-electron chi connectivity index (χ2n) is 13.7. The van der Waals surface area contributed by atoms with Crippen molar-refractivity contribution in [1.82, 2.24) is 15.5 Å². The first-order valence-electron chi connectivity index (χ1n) is 14.8. The Morgan fingerprint density at radius 2 is 1.38 bits per heavy atom. The third kappa shape index (κ3) is 11.3. The molecule has 0 radical (unpaired) electrons. The Hall–Kier alpha value is -4.36. The summed E-state index contributed by atoms with van der Waals surface area (Å²) in [4.78, 5) is 55.9. The highest BCUT2D eigenvalue weighted by molar-refractivity contribution is 5.94. The Morgan fingerprint density at radius 1 is 0.822 bits per heavy atom. The fourth-order valence-electron chi connectivity index (χ4n) is 4.58. The SMILES string of the molecule is C#Cc1ccccc1C(C(=O)NC(Cc1ccccc1)C(=O)OC(C)(C)C)N(C(=O)C(CO)NC(=O)OC(C)(C)C)C(C)(C)C. The molecule has 244 valence electrons. The predicted octanol–water partition coefficient (Wildman–Crippen LogP) is 4.29. The van der Waals surface area contributed by atoms with Gasteiger partial charge in [0.1, 0.15) is 29.3 Å². The van der Waals surface area contributed by atoms with Crippen LogP contribution in [0.4, 0.5) is 4.79 Å². The van der Waals surface area contributed by atoms with E-state index in [1.165, 1.54) is 4.90 Å². The maximum atomic E-state index is 14.4. The summed E-state index contributed by atoms with van der Waals surface area (Å²) in [6, 6.07) is 11.8. The largest absolute Gasteiger partial charge is 0.458 e. The van der Waals surface area contributed by atoms with E-state index in [-0.39, 0.29) is 6.42 Å². The summed E-state index contributed by atoms with van der Waals surface area (Å²) >= 11 is 0. The maximum Gasteiger partial charge on any atom is 0.408 e. The molecule has 3 unspecified atom stereocenters. The Morgan fingerprint density at radius 3 is 1.89 bits per heavy atom. The van der Waals surface area contributed by atoms with Crippen molar-refractivity contribution in [3.63, 3.8) is 0 Å². The molecule has 10 heteroatoms. The van der Waals surface area contributed by atoms with Crippen LogP contribution in [0.3, 0.4) is 0 Å². The molecule has 2 rings (SSSR count). The van der Waals surface area contributed by atoms with Crippen LogP contribution in [0.2, 0.25) is 0 Å². The topological polar surface area (TPSA) is 134 Å². The van der Waals surface area contributed by atoms with E-state index >= 15 is 0 Å². The van der Waals surface area contributed by atoms with E-state index in [4.69, 9.17) is 15.9 Å². The van der Waals surface area contributed by atoms with Crippen molar-refractivity contribution in [2.75, 3.05) is 6.61 Å². The van der Waals surface area contributed by atoms with Crippen molar-refractivity contribution in [3.05, 3.63) is 71.3 Å². The van der Waals surface area contributed by atoms with Crippen LogP contribution >= 0.6 is 0 Å². The van der Waals surface area contributed by atoms with Crippen molar-refractivity contribution in [2.24, 2.45) is 0 Å². The first-order chi connectivity index (χ1) is 20.8. The zero-order valence-corrected chi connectivity index (χ0v) is 27.8. The fraction of sp³-hybridized carbons (Fsp3) is 0.486. The Labute approximate surface area is 266 Å². The van der Waals surface area contributed by atoms with E-state index in [2.05, 4.69) is 16.6 Å². The minimum absolute atomic E-state index is 0.119. The first-order valence-corrected chi connectivity index (χ1v) is 14.8. The molecular formula is C35H47N3O7. The average Bonchev–Trinajstić information content (AvgIpc) is 2.91. The number of ether oxygens (including phenoxy) is 2. The van der Waals surface area contributed by atoms with Gasteiger partial charge in [-0.3, -0.25) is 9.59 Å². The molecule has 45 heavy (non-hydrogen) atoms. The minimum atomic E-state index is -1.46. The van der Waals surface area contributed by atoms with Gasteiger partial charge in [-0.2, -0.15) is 0 Å². The van der Waals surface area contributed by atoms with Crippen molar-refractivity contribution in [3.8, 4) is 12.3 Å². The number of esters is 1.